The van der Waals surface area contributed by atoms with Crippen molar-refractivity contribution in [3.05, 3.63) is 39.3 Å². The van der Waals surface area contributed by atoms with E-state index in [2.05, 4.69) is 34.4 Å². The van der Waals surface area contributed by atoms with Gasteiger partial charge in [-0.15, -0.1) is 11.3 Å². The normalized spacial score (nSPS) is 20.2. The van der Waals surface area contributed by atoms with Crippen molar-refractivity contribution >= 4 is 29.0 Å². The minimum Gasteiger partial charge on any atom is -0.336 e. The number of amides is 1. The number of carbonyl (C=O) groups excluding carboxylic acids is 1. The fourth-order valence-corrected chi connectivity index (χ4v) is 5.43. The summed E-state index contributed by atoms with van der Waals surface area (Å²) in [7, 11) is 0. The third-order valence-corrected chi connectivity index (χ3v) is 7.11. The Balaban J connectivity index is 1.51. The van der Waals surface area contributed by atoms with Gasteiger partial charge in [0.1, 0.15) is 0 Å². The summed E-state index contributed by atoms with van der Waals surface area (Å²) < 4.78 is 2.05. The average molecular weight is 391 g/mol. The van der Waals surface area contributed by atoms with Crippen molar-refractivity contribution < 1.29 is 4.79 Å². The SMILES string of the molecule is CCn1nc(C(=O)N2CCSCC2)c2c1CC[C@H](NCc1cccs1)C2. The molecule has 1 fully saturated rings. The highest BCUT2D eigenvalue weighted by Gasteiger charge is 2.31. The second-order valence-electron chi connectivity index (χ2n) is 6.89. The number of rotatable bonds is 5. The minimum absolute atomic E-state index is 0.132. The molecule has 7 heteroatoms. The van der Waals surface area contributed by atoms with E-state index in [-0.39, 0.29) is 5.91 Å². The van der Waals surface area contributed by atoms with E-state index in [4.69, 9.17) is 5.10 Å². The van der Waals surface area contributed by atoms with Gasteiger partial charge in [-0.2, -0.15) is 16.9 Å². The van der Waals surface area contributed by atoms with Crippen molar-refractivity contribution in [1.29, 1.82) is 0 Å². The lowest BCUT2D eigenvalue weighted by Gasteiger charge is -2.27. The van der Waals surface area contributed by atoms with E-state index < -0.39 is 0 Å². The lowest BCUT2D eigenvalue weighted by molar-refractivity contribution is 0.0764. The molecule has 0 saturated carbocycles. The molecule has 0 spiro atoms. The molecule has 26 heavy (non-hydrogen) atoms. The quantitative estimate of drug-likeness (QED) is 0.853. The first kappa shape index (κ1) is 18.1. The molecule has 0 bridgehead atoms. The number of aromatic nitrogens is 2. The molecule has 1 aliphatic carbocycles. The molecule has 4 rings (SSSR count). The highest BCUT2D eigenvalue weighted by molar-refractivity contribution is 7.99. The zero-order chi connectivity index (χ0) is 17.9. The van der Waals surface area contributed by atoms with Gasteiger partial charge in [0.25, 0.3) is 5.91 Å². The first-order chi connectivity index (χ1) is 12.8. The Morgan fingerprint density at radius 3 is 2.96 bits per heavy atom. The summed E-state index contributed by atoms with van der Waals surface area (Å²) in [6.07, 6.45) is 3.02. The van der Waals surface area contributed by atoms with Crippen LogP contribution >= 0.6 is 23.1 Å². The zero-order valence-corrected chi connectivity index (χ0v) is 16.9. The summed E-state index contributed by atoms with van der Waals surface area (Å²) in [6, 6.07) is 4.69. The molecule has 1 N–H and O–H groups in total. The van der Waals surface area contributed by atoms with E-state index in [1.807, 2.05) is 16.7 Å². The van der Waals surface area contributed by atoms with Gasteiger partial charge in [0.15, 0.2) is 5.69 Å². The highest BCUT2D eigenvalue weighted by atomic mass is 32.2. The molecule has 0 radical (unpaired) electrons. The Morgan fingerprint density at radius 2 is 2.23 bits per heavy atom. The summed E-state index contributed by atoms with van der Waals surface area (Å²) in [6.45, 7) is 5.54. The number of nitrogens with zero attached hydrogens (tertiary/aromatic N) is 3. The molecule has 2 aliphatic rings. The van der Waals surface area contributed by atoms with Crippen molar-refractivity contribution in [2.24, 2.45) is 0 Å². The van der Waals surface area contributed by atoms with Crippen molar-refractivity contribution in [1.82, 2.24) is 20.0 Å². The topological polar surface area (TPSA) is 50.2 Å². The van der Waals surface area contributed by atoms with Crippen molar-refractivity contribution in [2.75, 3.05) is 24.6 Å². The molecule has 1 saturated heterocycles. The largest absolute Gasteiger partial charge is 0.336 e. The van der Waals surface area contributed by atoms with Gasteiger partial charge >= 0.3 is 0 Å². The summed E-state index contributed by atoms with van der Waals surface area (Å²) in [5.74, 6) is 2.20. The number of thioether (sulfide) groups is 1. The van der Waals surface area contributed by atoms with Gasteiger partial charge in [0, 0.05) is 59.9 Å². The summed E-state index contributed by atoms with van der Waals surface area (Å²) >= 11 is 3.72. The number of hydrogen-bond acceptors (Lipinski definition) is 5. The van der Waals surface area contributed by atoms with Crippen LogP contribution in [-0.4, -0.2) is 51.2 Å². The second kappa shape index (κ2) is 8.15. The van der Waals surface area contributed by atoms with Gasteiger partial charge in [0.05, 0.1) is 0 Å². The molecule has 1 aliphatic heterocycles. The summed E-state index contributed by atoms with van der Waals surface area (Å²) in [4.78, 5) is 16.4. The Morgan fingerprint density at radius 1 is 1.38 bits per heavy atom. The van der Waals surface area contributed by atoms with Crippen molar-refractivity contribution in [2.45, 2.75) is 45.3 Å². The van der Waals surface area contributed by atoms with Gasteiger partial charge in [-0.1, -0.05) is 6.07 Å². The van der Waals surface area contributed by atoms with E-state index in [0.717, 1.165) is 56.9 Å². The van der Waals surface area contributed by atoms with E-state index in [9.17, 15) is 4.79 Å². The zero-order valence-electron chi connectivity index (χ0n) is 15.2. The Labute approximate surface area is 163 Å². The van der Waals surface area contributed by atoms with Gasteiger partial charge in [-0.25, -0.2) is 0 Å². The number of fused-ring (bicyclic) bond motifs is 1. The maximum absolute atomic E-state index is 13.1. The van der Waals surface area contributed by atoms with Crippen LogP contribution in [0, 0.1) is 0 Å². The van der Waals surface area contributed by atoms with Crippen LogP contribution in [0.4, 0.5) is 0 Å². The molecule has 1 amide bonds. The van der Waals surface area contributed by atoms with Crippen LogP contribution in [0.2, 0.25) is 0 Å². The van der Waals surface area contributed by atoms with E-state index >= 15 is 0 Å². The molecule has 3 heterocycles. The van der Waals surface area contributed by atoms with E-state index in [1.54, 1.807) is 11.3 Å². The van der Waals surface area contributed by atoms with Gasteiger partial charge in [-0.3, -0.25) is 9.48 Å². The first-order valence-electron chi connectivity index (χ1n) is 9.47. The predicted molar refractivity (Wildman–Crippen MR) is 108 cm³/mol. The smallest absolute Gasteiger partial charge is 0.274 e. The Hall–Kier alpha value is -1.31. The van der Waals surface area contributed by atoms with Gasteiger partial charge in [-0.05, 0) is 37.6 Å². The lowest BCUT2D eigenvalue weighted by Crippen LogP contribution is -2.39. The number of nitrogens with one attached hydrogen (secondary N) is 1. The molecule has 140 valence electrons. The fraction of sp³-hybridized carbons (Fsp3) is 0.579. The van der Waals surface area contributed by atoms with Gasteiger partial charge in [0.2, 0.25) is 0 Å². The van der Waals surface area contributed by atoms with Crippen molar-refractivity contribution in [3.8, 4) is 0 Å². The first-order valence-corrected chi connectivity index (χ1v) is 11.5. The fourth-order valence-electron chi connectivity index (χ4n) is 3.87. The third-order valence-electron chi connectivity index (χ3n) is 5.29. The average Bonchev–Trinajstić information content (AvgIpc) is 3.34. The molecule has 2 aromatic rings. The molecule has 0 unspecified atom stereocenters. The Bertz CT molecular complexity index is 750. The van der Waals surface area contributed by atoms with Crippen LogP contribution in [0.1, 0.15) is 40.0 Å². The predicted octanol–water partition coefficient (Wildman–Crippen LogP) is 2.80. The van der Waals surface area contributed by atoms with Crippen LogP contribution in [0.5, 0.6) is 0 Å². The van der Waals surface area contributed by atoms with Crippen LogP contribution in [-0.2, 0) is 25.9 Å². The standard InChI is InChI=1S/C19H26N4OS2/c1-2-23-17-6-5-14(20-13-15-4-3-9-26-15)12-16(17)18(21-23)19(24)22-7-10-25-11-8-22/h3-4,9,14,20H,2,5-8,10-13H2,1H3/t14-/m0/s1. The minimum atomic E-state index is 0.132. The number of thiophene rings is 1. The lowest BCUT2D eigenvalue weighted by atomic mass is 9.91. The number of aryl methyl sites for hydroxylation is 1. The maximum Gasteiger partial charge on any atom is 0.274 e. The van der Waals surface area contributed by atoms with Crippen molar-refractivity contribution in [3.63, 3.8) is 0 Å². The maximum atomic E-state index is 13.1. The van der Waals surface area contributed by atoms with Crippen LogP contribution in [0.3, 0.4) is 0 Å². The van der Waals surface area contributed by atoms with Gasteiger partial charge < -0.3 is 10.2 Å². The monoisotopic (exact) mass is 390 g/mol. The van der Waals surface area contributed by atoms with Crippen LogP contribution in [0.15, 0.2) is 17.5 Å². The molecule has 1 atom stereocenters. The molecule has 0 aromatic carbocycles. The van der Waals surface area contributed by atoms with E-state index in [1.165, 1.54) is 16.1 Å². The molecule has 5 nitrogen and oxygen atoms in total. The summed E-state index contributed by atoms with van der Waals surface area (Å²) in [5.41, 5.74) is 3.16. The Kier molecular flexibility index (Phi) is 5.66. The molecular weight excluding hydrogens is 364 g/mol. The van der Waals surface area contributed by atoms with Crippen LogP contribution < -0.4 is 5.32 Å². The highest BCUT2D eigenvalue weighted by Crippen LogP contribution is 2.27. The molecule has 2 aromatic heterocycles. The molecular formula is C19H26N4OS2. The second-order valence-corrected chi connectivity index (χ2v) is 9.15. The number of carbonyl (C=O) groups is 1. The van der Waals surface area contributed by atoms with Crippen LogP contribution in [0.25, 0.3) is 0 Å². The van der Waals surface area contributed by atoms with E-state index in [0.29, 0.717) is 11.7 Å². The summed E-state index contributed by atoms with van der Waals surface area (Å²) in [5, 5.41) is 10.5. The number of hydrogen-bond donors (Lipinski definition) is 1. The third kappa shape index (κ3) is 3.70.